The van der Waals surface area contributed by atoms with Crippen molar-refractivity contribution in [3.05, 3.63) is 53.1 Å². The number of nitriles is 2. The first-order valence-corrected chi connectivity index (χ1v) is 11.6. The highest BCUT2D eigenvalue weighted by molar-refractivity contribution is 8.00. The third-order valence-electron chi connectivity index (χ3n) is 5.31. The summed E-state index contributed by atoms with van der Waals surface area (Å²) in [5.74, 6) is 0.715. The number of carbonyl (C=O) groups is 1. The number of aromatic nitrogens is 1. The van der Waals surface area contributed by atoms with E-state index in [0.29, 0.717) is 28.5 Å². The summed E-state index contributed by atoms with van der Waals surface area (Å²) in [6, 6.07) is 14.9. The predicted molar refractivity (Wildman–Crippen MR) is 138 cm³/mol. The van der Waals surface area contributed by atoms with E-state index < -0.39 is 5.25 Å². The van der Waals surface area contributed by atoms with E-state index >= 15 is 0 Å². The van der Waals surface area contributed by atoms with Crippen LogP contribution in [0.25, 0.3) is 11.1 Å². The second-order valence-corrected chi connectivity index (χ2v) is 9.01. The van der Waals surface area contributed by atoms with Crippen LogP contribution < -0.4 is 25.3 Å². The highest BCUT2D eigenvalue weighted by Gasteiger charge is 2.26. The van der Waals surface area contributed by atoms with Gasteiger partial charge in [0.05, 0.1) is 32.1 Å². The van der Waals surface area contributed by atoms with Gasteiger partial charge in [0, 0.05) is 11.3 Å². The molecule has 1 heterocycles. The summed E-state index contributed by atoms with van der Waals surface area (Å²) in [7, 11) is 4.41. The van der Waals surface area contributed by atoms with Crippen molar-refractivity contribution >= 4 is 29.2 Å². The van der Waals surface area contributed by atoms with Crippen molar-refractivity contribution in [3.63, 3.8) is 0 Å². The molecule has 1 unspecified atom stereocenters. The SMILES string of the molecule is COc1cc(-c2c(C#N)c(N)nc(SC(C)C(=O)Nc3cccc(C)c3)c2C#N)cc(OC)c1OC. The van der Waals surface area contributed by atoms with Crippen LogP contribution in [0.4, 0.5) is 11.5 Å². The number of pyridine rings is 1. The smallest absolute Gasteiger partial charge is 0.237 e. The molecular weight excluding hydrogens is 478 g/mol. The topological polar surface area (TPSA) is 143 Å². The molecule has 184 valence electrons. The minimum Gasteiger partial charge on any atom is -0.493 e. The highest BCUT2D eigenvalue weighted by Crippen LogP contribution is 2.44. The number of methoxy groups -OCH3 is 3. The largest absolute Gasteiger partial charge is 0.493 e. The number of rotatable bonds is 8. The fourth-order valence-electron chi connectivity index (χ4n) is 3.59. The van der Waals surface area contributed by atoms with Crippen molar-refractivity contribution < 1.29 is 19.0 Å². The maximum Gasteiger partial charge on any atom is 0.237 e. The third-order valence-corrected chi connectivity index (χ3v) is 6.40. The second-order valence-electron chi connectivity index (χ2n) is 7.68. The number of amides is 1. The molecule has 0 aliphatic carbocycles. The molecule has 0 bridgehead atoms. The number of carbonyl (C=O) groups excluding carboxylic acids is 1. The summed E-state index contributed by atoms with van der Waals surface area (Å²) in [6.45, 7) is 3.63. The lowest BCUT2D eigenvalue weighted by Crippen LogP contribution is -2.22. The number of benzene rings is 2. The Kier molecular flexibility index (Phi) is 8.26. The van der Waals surface area contributed by atoms with Crippen LogP contribution in [0.3, 0.4) is 0 Å². The summed E-state index contributed by atoms with van der Waals surface area (Å²) in [4.78, 5) is 17.1. The van der Waals surface area contributed by atoms with E-state index in [-0.39, 0.29) is 33.4 Å². The fourth-order valence-corrected chi connectivity index (χ4v) is 4.50. The van der Waals surface area contributed by atoms with E-state index in [1.807, 2.05) is 31.2 Å². The van der Waals surface area contributed by atoms with Gasteiger partial charge in [-0.1, -0.05) is 23.9 Å². The van der Waals surface area contributed by atoms with E-state index in [4.69, 9.17) is 19.9 Å². The van der Waals surface area contributed by atoms with E-state index in [9.17, 15) is 15.3 Å². The number of hydrogen-bond acceptors (Lipinski definition) is 9. The molecule has 0 fully saturated rings. The lowest BCUT2D eigenvalue weighted by atomic mass is 9.96. The molecule has 3 N–H and O–H groups in total. The van der Waals surface area contributed by atoms with Crippen LogP contribution in [0, 0.1) is 29.6 Å². The molecule has 36 heavy (non-hydrogen) atoms. The van der Waals surface area contributed by atoms with E-state index in [2.05, 4.69) is 16.4 Å². The molecule has 3 rings (SSSR count). The first kappa shape index (κ1) is 26.2. The number of hydrogen-bond donors (Lipinski definition) is 2. The quantitative estimate of drug-likeness (QED) is 0.424. The second kappa shape index (κ2) is 11.3. The van der Waals surface area contributed by atoms with Gasteiger partial charge in [0.1, 0.15) is 28.5 Å². The minimum atomic E-state index is -0.620. The first-order valence-electron chi connectivity index (χ1n) is 10.8. The van der Waals surface area contributed by atoms with Crippen LogP contribution in [-0.2, 0) is 4.79 Å². The van der Waals surface area contributed by atoms with Gasteiger partial charge in [-0.05, 0) is 49.2 Å². The Labute approximate surface area is 213 Å². The zero-order valence-corrected chi connectivity index (χ0v) is 21.3. The molecule has 9 nitrogen and oxygen atoms in total. The molecule has 0 aliphatic rings. The summed E-state index contributed by atoms with van der Waals surface area (Å²) >= 11 is 1.07. The van der Waals surface area contributed by atoms with Crippen molar-refractivity contribution in [1.82, 2.24) is 4.98 Å². The summed E-state index contributed by atoms with van der Waals surface area (Å²) in [5.41, 5.74) is 8.66. The highest BCUT2D eigenvalue weighted by atomic mass is 32.2. The summed E-state index contributed by atoms with van der Waals surface area (Å²) in [5, 5.41) is 22.4. The third kappa shape index (κ3) is 5.29. The molecule has 0 saturated carbocycles. The number of thioether (sulfide) groups is 1. The van der Waals surface area contributed by atoms with Gasteiger partial charge in [-0.25, -0.2) is 4.98 Å². The van der Waals surface area contributed by atoms with Crippen LogP contribution >= 0.6 is 11.8 Å². The van der Waals surface area contributed by atoms with Crippen molar-refractivity contribution in [3.8, 4) is 40.5 Å². The Balaban J connectivity index is 2.09. The maximum absolute atomic E-state index is 12.9. The molecule has 0 saturated heterocycles. The average molecular weight is 504 g/mol. The molecule has 3 aromatic rings. The monoisotopic (exact) mass is 503 g/mol. The van der Waals surface area contributed by atoms with Crippen LogP contribution in [0.2, 0.25) is 0 Å². The van der Waals surface area contributed by atoms with Gasteiger partial charge >= 0.3 is 0 Å². The molecule has 0 aliphatic heterocycles. The Bertz CT molecular complexity index is 1370. The molecule has 0 radical (unpaired) electrons. The molecule has 2 aromatic carbocycles. The maximum atomic E-state index is 12.9. The standard InChI is InChI=1S/C26H25N5O4S/c1-14-7-6-8-17(9-14)30-25(32)15(2)36-26-19(13-28)22(18(12-27)24(29)31-26)16-10-20(33-3)23(35-5)21(11-16)34-4/h6-11,15H,1-5H3,(H2,29,31)(H,30,32). The van der Waals surface area contributed by atoms with Gasteiger partial charge in [-0.2, -0.15) is 10.5 Å². The molecule has 0 spiro atoms. The summed E-state index contributed by atoms with van der Waals surface area (Å²) < 4.78 is 16.2. The number of ether oxygens (including phenoxy) is 3. The Hall–Kier alpha value is -4.41. The number of nitrogens with one attached hydrogen (secondary N) is 1. The fraction of sp³-hybridized carbons (Fsp3) is 0.231. The average Bonchev–Trinajstić information content (AvgIpc) is 2.87. The van der Waals surface area contributed by atoms with Gasteiger partial charge in [0.25, 0.3) is 0 Å². The van der Waals surface area contributed by atoms with Gasteiger partial charge in [-0.15, -0.1) is 0 Å². The Morgan fingerprint density at radius 1 is 1.06 bits per heavy atom. The number of anilines is 2. The molecule has 1 amide bonds. The molecule has 1 aromatic heterocycles. The molecule has 1 atom stereocenters. The van der Waals surface area contributed by atoms with E-state index in [1.54, 1.807) is 25.1 Å². The number of nitrogens with two attached hydrogens (primary N) is 1. The Morgan fingerprint density at radius 2 is 1.69 bits per heavy atom. The zero-order valence-electron chi connectivity index (χ0n) is 20.5. The van der Waals surface area contributed by atoms with Crippen molar-refractivity contribution in [1.29, 1.82) is 10.5 Å². The van der Waals surface area contributed by atoms with E-state index in [1.165, 1.54) is 21.3 Å². The van der Waals surface area contributed by atoms with Gasteiger partial charge < -0.3 is 25.3 Å². The summed E-state index contributed by atoms with van der Waals surface area (Å²) in [6.07, 6.45) is 0. The lowest BCUT2D eigenvalue weighted by molar-refractivity contribution is -0.115. The van der Waals surface area contributed by atoms with Crippen molar-refractivity contribution in [2.45, 2.75) is 24.1 Å². The first-order chi connectivity index (χ1) is 17.3. The number of nitrogens with zero attached hydrogens (tertiary/aromatic N) is 3. The van der Waals surface area contributed by atoms with Gasteiger partial charge in [0.15, 0.2) is 11.5 Å². The molecule has 10 heteroatoms. The number of aryl methyl sites for hydroxylation is 1. The minimum absolute atomic E-state index is 0.0297. The normalized spacial score (nSPS) is 11.1. The number of nitrogen functional groups attached to an aromatic ring is 1. The van der Waals surface area contributed by atoms with Crippen LogP contribution in [0.15, 0.2) is 41.4 Å². The van der Waals surface area contributed by atoms with Crippen molar-refractivity contribution in [2.24, 2.45) is 0 Å². The van der Waals surface area contributed by atoms with E-state index in [0.717, 1.165) is 17.3 Å². The van der Waals surface area contributed by atoms with Gasteiger partial charge in [0.2, 0.25) is 11.7 Å². The Morgan fingerprint density at radius 3 is 2.22 bits per heavy atom. The predicted octanol–water partition coefficient (Wildman–Crippen LogP) is 4.53. The molecular formula is C26H25N5O4S. The van der Waals surface area contributed by atoms with Gasteiger partial charge in [-0.3, -0.25) is 4.79 Å². The lowest BCUT2D eigenvalue weighted by Gasteiger charge is -2.18. The zero-order chi connectivity index (χ0) is 26.4. The van der Waals surface area contributed by atoms with Crippen LogP contribution in [0.5, 0.6) is 17.2 Å². The van der Waals surface area contributed by atoms with Crippen LogP contribution in [-0.4, -0.2) is 37.5 Å². The van der Waals surface area contributed by atoms with Crippen molar-refractivity contribution in [2.75, 3.05) is 32.4 Å². The van der Waals surface area contributed by atoms with Crippen LogP contribution in [0.1, 0.15) is 23.6 Å².